The molecule has 132 valence electrons. The number of piperidine rings is 1. The number of aliphatic imine (C=N–C) groups is 1. The minimum Gasteiger partial charge on any atom is -0.370 e. The summed E-state index contributed by atoms with van der Waals surface area (Å²) < 4.78 is 24.4. The Labute approximate surface area is 159 Å². The van der Waals surface area contributed by atoms with E-state index in [-0.39, 0.29) is 24.0 Å². The molecule has 9 heteroatoms. The molecule has 1 fully saturated rings. The van der Waals surface area contributed by atoms with Crippen LogP contribution in [0.25, 0.3) is 0 Å². The third kappa shape index (κ3) is 7.36. The second kappa shape index (κ2) is 9.80. The zero-order chi connectivity index (χ0) is 16.0. The quantitative estimate of drug-likeness (QED) is 0.373. The number of rotatable bonds is 6. The monoisotopic (exact) mass is 472 g/mol. The number of hydrogen-bond donors (Lipinski definition) is 2. The minimum absolute atomic E-state index is 0. The van der Waals surface area contributed by atoms with E-state index < -0.39 is 10.0 Å². The summed E-state index contributed by atoms with van der Waals surface area (Å²) in [6, 6.07) is 4.15. The van der Waals surface area contributed by atoms with Crippen LogP contribution < -0.4 is 11.1 Å². The summed E-state index contributed by atoms with van der Waals surface area (Å²) >= 11 is 1.74. The average molecular weight is 472 g/mol. The molecule has 0 spiro atoms. The van der Waals surface area contributed by atoms with Crippen molar-refractivity contribution in [3.8, 4) is 0 Å². The number of halogens is 1. The highest BCUT2D eigenvalue weighted by atomic mass is 127. The Morgan fingerprint density at radius 3 is 2.74 bits per heavy atom. The largest absolute Gasteiger partial charge is 0.370 e. The first-order valence-corrected chi connectivity index (χ1v) is 10.2. The maximum absolute atomic E-state index is 11.4. The van der Waals surface area contributed by atoms with Gasteiger partial charge < -0.3 is 11.1 Å². The van der Waals surface area contributed by atoms with E-state index in [9.17, 15) is 8.42 Å². The van der Waals surface area contributed by atoms with Crippen LogP contribution in [0.4, 0.5) is 0 Å². The fourth-order valence-corrected chi connectivity index (χ4v) is 4.06. The summed E-state index contributed by atoms with van der Waals surface area (Å²) in [6.07, 6.45) is 3.90. The van der Waals surface area contributed by atoms with E-state index in [1.807, 2.05) is 6.07 Å². The van der Waals surface area contributed by atoms with Gasteiger partial charge in [-0.2, -0.15) is 0 Å². The third-order valence-corrected chi connectivity index (χ3v) is 6.06. The van der Waals surface area contributed by atoms with Gasteiger partial charge in [-0.25, -0.2) is 12.7 Å². The molecule has 2 heterocycles. The van der Waals surface area contributed by atoms with E-state index in [0.717, 1.165) is 25.8 Å². The third-order valence-electron chi connectivity index (χ3n) is 3.82. The van der Waals surface area contributed by atoms with Crippen molar-refractivity contribution in [2.24, 2.45) is 16.6 Å². The maximum Gasteiger partial charge on any atom is 0.211 e. The summed E-state index contributed by atoms with van der Waals surface area (Å²) in [5.41, 5.74) is 5.86. The maximum atomic E-state index is 11.4. The van der Waals surface area contributed by atoms with Crippen LogP contribution >= 0.6 is 35.3 Å². The lowest BCUT2D eigenvalue weighted by Gasteiger charge is -2.29. The Bertz CT molecular complexity index is 582. The van der Waals surface area contributed by atoms with E-state index >= 15 is 0 Å². The predicted octanol–water partition coefficient (Wildman–Crippen LogP) is 1.48. The molecule has 1 aromatic rings. The van der Waals surface area contributed by atoms with Gasteiger partial charge in [-0.05, 0) is 36.6 Å². The van der Waals surface area contributed by atoms with Gasteiger partial charge in [-0.15, -0.1) is 35.3 Å². The second-order valence-electron chi connectivity index (χ2n) is 5.59. The zero-order valence-electron chi connectivity index (χ0n) is 13.3. The molecule has 6 nitrogen and oxygen atoms in total. The summed E-state index contributed by atoms with van der Waals surface area (Å²) in [7, 11) is -3.05. The standard InChI is InChI=1S/C14H24N4O2S2.HI/c1-22(19,20)18-8-5-12(6-9-18)11-17-14(15)16-7-4-13-3-2-10-21-13;/h2-3,10,12H,4-9,11H2,1H3,(H3,15,16,17);1H. The first-order chi connectivity index (χ1) is 10.4. The molecule has 0 amide bonds. The van der Waals surface area contributed by atoms with Gasteiger partial charge in [0.2, 0.25) is 10.0 Å². The lowest BCUT2D eigenvalue weighted by atomic mass is 9.98. The highest BCUT2D eigenvalue weighted by Crippen LogP contribution is 2.19. The molecule has 0 saturated carbocycles. The Kier molecular flexibility index (Phi) is 8.80. The molecule has 0 unspecified atom stereocenters. The van der Waals surface area contributed by atoms with Crippen molar-refractivity contribution >= 4 is 51.3 Å². The molecule has 0 atom stereocenters. The molecule has 0 aliphatic carbocycles. The second-order valence-corrected chi connectivity index (χ2v) is 8.60. The number of thiophene rings is 1. The lowest BCUT2D eigenvalue weighted by molar-refractivity contribution is 0.280. The van der Waals surface area contributed by atoms with Crippen molar-refractivity contribution in [1.29, 1.82) is 0 Å². The van der Waals surface area contributed by atoms with Crippen LogP contribution in [0.5, 0.6) is 0 Å². The molecule has 1 saturated heterocycles. The topological polar surface area (TPSA) is 87.8 Å². The van der Waals surface area contributed by atoms with Gasteiger partial charge in [0.15, 0.2) is 5.96 Å². The molecular formula is C14H25IN4O2S2. The molecule has 1 aliphatic rings. The highest BCUT2D eigenvalue weighted by molar-refractivity contribution is 14.0. The Morgan fingerprint density at radius 1 is 1.48 bits per heavy atom. The number of hydrogen-bond acceptors (Lipinski definition) is 4. The van der Waals surface area contributed by atoms with Gasteiger partial charge in [0.1, 0.15) is 0 Å². The van der Waals surface area contributed by atoms with Gasteiger partial charge in [-0.1, -0.05) is 6.07 Å². The van der Waals surface area contributed by atoms with Gasteiger partial charge in [0, 0.05) is 31.1 Å². The predicted molar refractivity (Wildman–Crippen MR) is 107 cm³/mol. The number of guanidine groups is 1. The van der Waals surface area contributed by atoms with Crippen LogP contribution in [0.2, 0.25) is 0 Å². The smallest absolute Gasteiger partial charge is 0.211 e. The van der Waals surface area contributed by atoms with E-state index in [1.165, 1.54) is 15.4 Å². The van der Waals surface area contributed by atoms with Crippen LogP contribution in [0.1, 0.15) is 17.7 Å². The Hall–Kier alpha value is -0.390. The number of nitrogens with zero attached hydrogens (tertiary/aromatic N) is 2. The first kappa shape index (κ1) is 20.7. The van der Waals surface area contributed by atoms with Gasteiger partial charge in [0.05, 0.1) is 6.26 Å². The Morgan fingerprint density at radius 2 is 2.17 bits per heavy atom. The summed E-state index contributed by atoms with van der Waals surface area (Å²) in [5.74, 6) is 0.887. The molecule has 0 radical (unpaired) electrons. The number of nitrogens with one attached hydrogen (secondary N) is 1. The number of sulfonamides is 1. The van der Waals surface area contributed by atoms with Crippen LogP contribution in [0.3, 0.4) is 0 Å². The van der Waals surface area contributed by atoms with Crippen LogP contribution in [-0.2, 0) is 16.4 Å². The van der Waals surface area contributed by atoms with Crippen molar-refractivity contribution in [1.82, 2.24) is 9.62 Å². The summed E-state index contributed by atoms with van der Waals surface area (Å²) in [6.45, 7) is 2.62. The average Bonchev–Trinajstić information content (AvgIpc) is 2.98. The molecule has 0 aromatic carbocycles. The zero-order valence-corrected chi connectivity index (χ0v) is 17.2. The molecule has 1 aromatic heterocycles. The van der Waals surface area contributed by atoms with Crippen molar-refractivity contribution < 1.29 is 8.42 Å². The lowest BCUT2D eigenvalue weighted by Crippen LogP contribution is -2.39. The number of nitrogens with two attached hydrogens (primary N) is 1. The molecule has 0 bridgehead atoms. The van der Waals surface area contributed by atoms with Crippen LogP contribution in [0, 0.1) is 5.92 Å². The summed E-state index contributed by atoms with van der Waals surface area (Å²) in [5, 5.41) is 5.19. The van der Waals surface area contributed by atoms with E-state index in [0.29, 0.717) is 31.5 Å². The van der Waals surface area contributed by atoms with Crippen LogP contribution in [-0.4, -0.2) is 51.1 Å². The minimum atomic E-state index is -3.05. The molecule has 2 rings (SSSR count). The van der Waals surface area contributed by atoms with E-state index in [4.69, 9.17) is 5.73 Å². The first-order valence-electron chi connectivity index (χ1n) is 7.46. The molecular weight excluding hydrogens is 447 g/mol. The van der Waals surface area contributed by atoms with Crippen molar-refractivity contribution in [2.75, 3.05) is 32.4 Å². The fraction of sp³-hybridized carbons (Fsp3) is 0.643. The van der Waals surface area contributed by atoms with Crippen molar-refractivity contribution in [3.63, 3.8) is 0 Å². The van der Waals surface area contributed by atoms with Crippen molar-refractivity contribution in [3.05, 3.63) is 22.4 Å². The SMILES string of the molecule is CS(=O)(=O)N1CCC(CN=C(N)NCCc2cccs2)CC1.I. The molecule has 1 aliphatic heterocycles. The Balaban J connectivity index is 0.00000264. The van der Waals surface area contributed by atoms with Crippen molar-refractivity contribution in [2.45, 2.75) is 19.3 Å². The van der Waals surface area contributed by atoms with Gasteiger partial charge in [0.25, 0.3) is 0 Å². The van der Waals surface area contributed by atoms with Gasteiger partial charge in [-0.3, -0.25) is 4.99 Å². The van der Waals surface area contributed by atoms with E-state index in [2.05, 4.69) is 21.8 Å². The molecule has 3 N–H and O–H groups in total. The normalized spacial score (nSPS) is 17.7. The van der Waals surface area contributed by atoms with E-state index in [1.54, 1.807) is 11.3 Å². The molecule has 23 heavy (non-hydrogen) atoms. The fourth-order valence-electron chi connectivity index (χ4n) is 2.48. The highest BCUT2D eigenvalue weighted by Gasteiger charge is 2.24. The summed E-state index contributed by atoms with van der Waals surface area (Å²) in [4.78, 5) is 5.70. The van der Waals surface area contributed by atoms with Crippen LogP contribution in [0.15, 0.2) is 22.5 Å². The van der Waals surface area contributed by atoms with Gasteiger partial charge >= 0.3 is 0 Å².